The molecule has 9 nitrogen and oxygen atoms in total. The van der Waals surface area contributed by atoms with E-state index in [1.807, 2.05) is 73.7 Å². The number of tetrazole rings is 1. The van der Waals surface area contributed by atoms with Crippen LogP contribution in [0.3, 0.4) is 0 Å². The van der Waals surface area contributed by atoms with Crippen LogP contribution in [0.5, 0.6) is 17.5 Å². The summed E-state index contributed by atoms with van der Waals surface area (Å²) in [5, 5.41) is 15.3. The molecule has 0 aliphatic carbocycles. The number of H-pyrrole nitrogens is 1. The molecule has 178 valence electrons. The second-order valence-electron chi connectivity index (χ2n) is 8.01. The molecule has 0 saturated carbocycles. The van der Waals surface area contributed by atoms with Crippen LogP contribution < -0.4 is 14.8 Å². The number of ether oxygens (including phenoxy) is 2. The van der Waals surface area contributed by atoms with Crippen molar-refractivity contribution in [1.29, 1.82) is 0 Å². The summed E-state index contributed by atoms with van der Waals surface area (Å²) < 4.78 is 13.4. The molecule has 2 aromatic heterocycles. The number of para-hydroxylation sites is 3. The quantitative estimate of drug-likeness (QED) is 0.276. The van der Waals surface area contributed by atoms with E-state index in [1.54, 1.807) is 4.68 Å². The molecule has 0 atom stereocenters. The number of aryl methyl sites for hydroxylation is 1. The number of nitrogens with one attached hydrogen (secondary N) is 2. The topological polar surface area (TPSA) is 103 Å². The van der Waals surface area contributed by atoms with Gasteiger partial charge in [-0.1, -0.05) is 41.5 Å². The Kier molecular flexibility index (Phi) is 6.95. The van der Waals surface area contributed by atoms with E-state index in [0.29, 0.717) is 18.1 Å². The van der Waals surface area contributed by atoms with Crippen molar-refractivity contribution in [2.45, 2.75) is 26.3 Å². The zero-order valence-corrected chi connectivity index (χ0v) is 19.5. The fourth-order valence-corrected chi connectivity index (χ4v) is 3.82. The summed E-state index contributed by atoms with van der Waals surface area (Å²) in [4.78, 5) is 8.02. The Bertz CT molecular complexity index is 1350. The van der Waals surface area contributed by atoms with Crippen LogP contribution in [0.25, 0.3) is 16.7 Å². The van der Waals surface area contributed by atoms with E-state index in [0.717, 1.165) is 54.0 Å². The van der Waals surface area contributed by atoms with Crippen LogP contribution in [0.1, 0.15) is 24.7 Å². The normalized spacial score (nSPS) is 11.1. The van der Waals surface area contributed by atoms with E-state index in [-0.39, 0.29) is 6.01 Å². The van der Waals surface area contributed by atoms with Crippen molar-refractivity contribution < 1.29 is 9.47 Å². The Labute approximate surface area is 203 Å². The molecule has 5 aromatic rings. The lowest BCUT2D eigenvalue weighted by molar-refractivity contribution is 0.315. The van der Waals surface area contributed by atoms with E-state index >= 15 is 0 Å². The largest absolute Gasteiger partial charge is 0.490 e. The second kappa shape index (κ2) is 10.8. The van der Waals surface area contributed by atoms with Gasteiger partial charge in [-0.3, -0.25) is 0 Å². The average molecular weight is 470 g/mol. The maximum Gasteiger partial charge on any atom is 0.346 e. The lowest BCUT2D eigenvalue weighted by Crippen LogP contribution is -2.15. The summed E-state index contributed by atoms with van der Waals surface area (Å²) >= 11 is 0. The van der Waals surface area contributed by atoms with E-state index in [2.05, 4.69) is 36.9 Å². The molecule has 9 heteroatoms. The van der Waals surface area contributed by atoms with Crippen LogP contribution >= 0.6 is 0 Å². The van der Waals surface area contributed by atoms with Crippen LogP contribution in [0.4, 0.5) is 0 Å². The molecule has 3 aromatic carbocycles. The summed E-state index contributed by atoms with van der Waals surface area (Å²) in [6.45, 7) is 4.07. The molecule has 2 N–H and O–H groups in total. The van der Waals surface area contributed by atoms with Gasteiger partial charge in [-0.15, -0.1) is 0 Å². The SMILES string of the molecule is CCOc1cc(CNCCCc2nc3ccccc3[nH]2)ccc1Oc1nnnn1-c1ccccc1. The van der Waals surface area contributed by atoms with E-state index in [1.165, 1.54) is 0 Å². The Morgan fingerprint density at radius 2 is 1.83 bits per heavy atom. The predicted molar refractivity (Wildman–Crippen MR) is 133 cm³/mol. The lowest BCUT2D eigenvalue weighted by Gasteiger charge is -2.13. The molecule has 0 aliphatic rings. The van der Waals surface area contributed by atoms with Gasteiger partial charge in [-0.05, 0) is 72.3 Å². The van der Waals surface area contributed by atoms with Crippen LogP contribution in [-0.2, 0) is 13.0 Å². The minimum absolute atomic E-state index is 0.272. The molecule has 35 heavy (non-hydrogen) atoms. The number of imidazole rings is 1. The summed E-state index contributed by atoms with van der Waals surface area (Å²) in [6, 6.07) is 23.9. The Hall–Kier alpha value is -4.24. The first kappa shape index (κ1) is 22.5. The minimum atomic E-state index is 0.272. The highest BCUT2D eigenvalue weighted by atomic mass is 16.5. The highest BCUT2D eigenvalue weighted by Crippen LogP contribution is 2.32. The molecule has 0 amide bonds. The molecule has 0 bridgehead atoms. The smallest absolute Gasteiger partial charge is 0.346 e. The summed E-state index contributed by atoms with van der Waals surface area (Å²) in [7, 11) is 0. The fourth-order valence-electron chi connectivity index (χ4n) is 3.82. The summed E-state index contributed by atoms with van der Waals surface area (Å²) in [5.41, 5.74) is 4.01. The van der Waals surface area contributed by atoms with Crippen molar-refractivity contribution in [1.82, 2.24) is 35.5 Å². The van der Waals surface area contributed by atoms with Crippen LogP contribution in [-0.4, -0.2) is 43.3 Å². The minimum Gasteiger partial charge on any atom is -0.490 e. The van der Waals surface area contributed by atoms with Crippen molar-refractivity contribution in [3.63, 3.8) is 0 Å². The molecular formula is C26H27N7O2. The average Bonchev–Trinajstić information content (AvgIpc) is 3.52. The number of aromatic amines is 1. The van der Waals surface area contributed by atoms with Gasteiger partial charge in [0.05, 0.1) is 23.3 Å². The molecule has 0 radical (unpaired) electrons. The van der Waals surface area contributed by atoms with Crippen LogP contribution in [0.2, 0.25) is 0 Å². The Balaban J connectivity index is 1.18. The third kappa shape index (κ3) is 5.47. The molecule has 0 fully saturated rings. The Morgan fingerprint density at radius 3 is 2.69 bits per heavy atom. The first-order valence-corrected chi connectivity index (χ1v) is 11.7. The number of hydrogen-bond donors (Lipinski definition) is 2. The van der Waals surface area contributed by atoms with Crippen molar-refractivity contribution in [2.75, 3.05) is 13.2 Å². The van der Waals surface area contributed by atoms with E-state index in [9.17, 15) is 0 Å². The molecule has 0 saturated heterocycles. The Morgan fingerprint density at radius 1 is 0.971 bits per heavy atom. The molecule has 5 rings (SSSR count). The van der Waals surface area contributed by atoms with E-state index in [4.69, 9.17) is 9.47 Å². The number of hydrogen-bond acceptors (Lipinski definition) is 7. The number of benzene rings is 3. The second-order valence-corrected chi connectivity index (χ2v) is 8.01. The zero-order chi connectivity index (χ0) is 23.9. The molecule has 0 spiro atoms. The van der Waals surface area contributed by atoms with Gasteiger partial charge in [0.2, 0.25) is 0 Å². The maximum absolute atomic E-state index is 6.03. The highest BCUT2D eigenvalue weighted by Gasteiger charge is 2.14. The monoisotopic (exact) mass is 469 g/mol. The number of rotatable bonds is 11. The standard InChI is InChI=1S/C26H27N7O2/c1-2-34-24-17-19(18-27-16-8-13-25-28-21-11-6-7-12-22(21)29-25)14-15-23(24)35-26-30-31-32-33(26)20-9-4-3-5-10-20/h3-7,9-12,14-15,17,27H,2,8,13,16,18H2,1H3,(H,28,29). The van der Waals surface area contributed by atoms with Gasteiger partial charge in [0.25, 0.3) is 0 Å². The van der Waals surface area contributed by atoms with E-state index < -0.39 is 0 Å². The molecule has 0 aliphatic heterocycles. The van der Waals surface area contributed by atoms with Gasteiger partial charge < -0.3 is 19.8 Å². The van der Waals surface area contributed by atoms with Gasteiger partial charge in [0, 0.05) is 13.0 Å². The molecule has 0 unspecified atom stereocenters. The lowest BCUT2D eigenvalue weighted by atomic mass is 10.2. The number of fused-ring (bicyclic) bond motifs is 1. The van der Waals surface area contributed by atoms with Gasteiger partial charge >= 0.3 is 6.01 Å². The fraction of sp³-hybridized carbons (Fsp3) is 0.231. The van der Waals surface area contributed by atoms with Crippen LogP contribution in [0.15, 0.2) is 72.8 Å². The van der Waals surface area contributed by atoms with Gasteiger partial charge in [-0.25, -0.2) is 4.98 Å². The summed E-state index contributed by atoms with van der Waals surface area (Å²) in [6.07, 6.45) is 1.89. The van der Waals surface area contributed by atoms with Crippen molar-refractivity contribution in [2.24, 2.45) is 0 Å². The number of aromatic nitrogens is 6. The van der Waals surface area contributed by atoms with Crippen molar-refractivity contribution in [3.8, 4) is 23.2 Å². The van der Waals surface area contributed by atoms with Crippen molar-refractivity contribution in [3.05, 3.63) is 84.2 Å². The highest BCUT2D eigenvalue weighted by molar-refractivity contribution is 5.74. The van der Waals surface area contributed by atoms with Gasteiger partial charge in [0.1, 0.15) is 5.82 Å². The van der Waals surface area contributed by atoms with Gasteiger partial charge in [0.15, 0.2) is 11.5 Å². The zero-order valence-electron chi connectivity index (χ0n) is 19.5. The van der Waals surface area contributed by atoms with Crippen molar-refractivity contribution >= 4 is 11.0 Å². The third-order valence-electron chi connectivity index (χ3n) is 5.49. The molecular weight excluding hydrogens is 442 g/mol. The van der Waals surface area contributed by atoms with Crippen LogP contribution in [0, 0.1) is 0 Å². The maximum atomic E-state index is 6.03. The molecule has 2 heterocycles. The first-order valence-electron chi connectivity index (χ1n) is 11.7. The third-order valence-corrected chi connectivity index (χ3v) is 5.49. The van der Waals surface area contributed by atoms with Gasteiger partial charge in [-0.2, -0.15) is 4.68 Å². The number of nitrogens with zero attached hydrogens (tertiary/aromatic N) is 5. The predicted octanol–water partition coefficient (Wildman–Crippen LogP) is 4.45. The first-order chi connectivity index (χ1) is 17.3. The summed E-state index contributed by atoms with van der Waals surface area (Å²) in [5.74, 6) is 2.23.